The van der Waals surface area contributed by atoms with Crippen molar-refractivity contribution in [2.24, 2.45) is 0 Å². The summed E-state index contributed by atoms with van der Waals surface area (Å²) in [6.07, 6.45) is 8.94. The molecule has 1 aromatic carbocycles. The number of hydrogen-bond acceptors (Lipinski definition) is 3. The number of hydrogen-bond donors (Lipinski definition) is 1. The molecule has 2 aliphatic rings. The number of nitrogens with zero attached hydrogens (tertiary/aromatic N) is 2. The summed E-state index contributed by atoms with van der Waals surface area (Å²) < 4.78 is 0. The molecule has 3 rings (SSSR count). The van der Waals surface area contributed by atoms with Crippen LogP contribution in [0.5, 0.6) is 0 Å². The highest BCUT2D eigenvalue weighted by atomic mass is 16.2. The summed E-state index contributed by atoms with van der Waals surface area (Å²) >= 11 is 0. The van der Waals surface area contributed by atoms with Crippen molar-refractivity contribution in [1.29, 1.82) is 0 Å². The maximum atomic E-state index is 12.5. The topological polar surface area (TPSA) is 35.6 Å². The quantitative estimate of drug-likeness (QED) is 0.680. The summed E-state index contributed by atoms with van der Waals surface area (Å²) in [5.74, 6) is 2.87. The largest absolute Gasteiger partial charge is 0.339 e. The van der Waals surface area contributed by atoms with Gasteiger partial charge in [-0.15, -0.1) is 12.3 Å². The highest BCUT2D eigenvalue weighted by molar-refractivity contribution is 5.93. The Balaban J connectivity index is 1.69. The molecule has 22 heavy (non-hydrogen) atoms. The molecule has 4 nitrogen and oxygen atoms in total. The van der Waals surface area contributed by atoms with Gasteiger partial charge < -0.3 is 15.1 Å². The van der Waals surface area contributed by atoms with Gasteiger partial charge in [-0.1, -0.05) is 18.2 Å². The average molecular weight is 297 g/mol. The van der Waals surface area contributed by atoms with E-state index in [9.17, 15) is 4.79 Å². The molecule has 2 heterocycles. The summed E-state index contributed by atoms with van der Waals surface area (Å²) in [6.45, 7) is 3.57. The molecule has 1 amide bonds. The van der Waals surface area contributed by atoms with E-state index in [1.165, 1.54) is 0 Å². The highest BCUT2D eigenvalue weighted by Crippen LogP contribution is 2.36. The van der Waals surface area contributed by atoms with E-state index in [-0.39, 0.29) is 11.4 Å². The number of carbonyl (C=O) groups excluding carboxylic acids is 1. The Morgan fingerprint density at radius 2 is 1.95 bits per heavy atom. The molecule has 0 saturated carbocycles. The minimum Gasteiger partial charge on any atom is -0.339 e. The van der Waals surface area contributed by atoms with Crippen LogP contribution in [0, 0.1) is 12.3 Å². The molecule has 2 fully saturated rings. The van der Waals surface area contributed by atoms with Crippen LogP contribution >= 0.6 is 0 Å². The first-order valence-electron chi connectivity index (χ1n) is 8.03. The highest BCUT2D eigenvalue weighted by Gasteiger charge is 2.50. The zero-order valence-electron chi connectivity index (χ0n) is 12.9. The second-order valence-electron chi connectivity index (χ2n) is 6.11. The molecule has 2 saturated heterocycles. The summed E-state index contributed by atoms with van der Waals surface area (Å²) in [7, 11) is 0. The molecule has 0 aliphatic carbocycles. The van der Waals surface area contributed by atoms with Gasteiger partial charge in [-0.25, -0.2) is 0 Å². The number of carbonyl (C=O) groups is 1. The molecule has 116 valence electrons. The van der Waals surface area contributed by atoms with Crippen molar-refractivity contribution in [1.82, 2.24) is 10.2 Å². The van der Waals surface area contributed by atoms with E-state index < -0.39 is 0 Å². The van der Waals surface area contributed by atoms with Crippen LogP contribution in [0.25, 0.3) is 0 Å². The van der Waals surface area contributed by atoms with E-state index in [2.05, 4.69) is 33.2 Å². The maximum Gasteiger partial charge on any atom is 0.247 e. The lowest BCUT2D eigenvalue weighted by atomic mass is 9.85. The molecule has 1 N–H and O–H groups in total. The van der Waals surface area contributed by atoms with Crippen molar-refractivity contribution in [2.45, 2.75) is 31.2 Å². The number of nitrogens with one attached hydrogen (secondary N) is 1. The fraction of sp³-hybridized carbons (Fsp3) is 0.500. The maximum absolute atomic E-state index is 12.5. The first kappa shape index (κ1) is 14.9. The number of rotatable bonds is 4. The predicted molar refractivity (Wildman–Crippen MR) is 88.4 cm³/mol. The van der Waals surface area contributed by atoms with Gasteiger partial charge in [-0.3, -0.25) is 4.79 Å². The molecule has 0 atom stereocenters. The summed E-state index contributed by atoms with van der Waals surface area (Å²) in [5.41, 5.74) is 0.755. The molecule has 0 aromatic heterocycles. The third kappa shape index (κ3) is 2.69. The van der Waals surface area contributed by atoms with Crippen LogP contribution in [-0.2, 0) is 4.79 Å². The smallest absolute Gasteiger partial charge is 0.247 e. The number of likely N-dealkylation sites (tertiary alicyclic amines) is 1. The van der Waals surface area contributed by atoms with Crippen LogP contribution in [0.3, 0.4) is 0 Å². The van der Waals surface area contributed by atoms with Gasteiger partial charge in [-0.2, -0.15) is 0 Å². The fourth-order valence-electron chi connectivity index (χ4n) is 3.58. The van der Waals surface area contributed by atoms with E-state index in [0.29, 0.717) is 6.67 Å². The molecular weight excluding hydrogens is 274 g/mol. The van der Waals surface area contributed by atoms with E-state index in [1.54, 1.807) is 0 Å². The van der Waals surface area contributed by atoms with Crippen LogP contribution in [0.1, 0.15) is 25.7 Å². The molecule has 1 aromatic rings. The summed E-state index contributed by atoms with van der Waals surface area (Å²) in [5, 5.41) is 3.04. The SMILES string of the molecule is C#CCCCN1CCC2(CC1)C(=O)NCN2c1ccccc1. The third-order valence-electron chi connectivity index (χ3n) is 4.88. The number of benzene rings is 1. The Labute approximate surface area is 132 Å². The zero-order valence-corrected chi connectivity index (χ0v) is 12.9. The lowest BCUT2D eigenvalue weighted by Gasteiger charge is -2.43. The van der Waals surface area contributed by atoms with Crippen LogP contribution < -0.4 is 10.2 Å². The Kier molecular flexibility index (Phi) is 4.35. The molecule has 0 unspecified atom stereocenters. The Morgan fingerprint density at radius 1 is 1.23 bits per heavy atom. The predicted octanol–water partition coefficient (Wildman–Crippen LogP) is 1.83. The molecule has 4 heteroatoms. The second-order valence-corrected chi connectivity index (χ2v) is 6.11. The molecular formula is C18H23N3O. The van der Waals surface area contributed by atoms with E-state index in [0.717, 1.165) is 51.0 Å². The number of anilines is 1. The Hall–Kier alpha value is -1.99. The fourth-order valence-corrected chi connectivity index (χ4v) is 3.58. The zero-order chi connectivity index (χ0) is 15.4. The van der Waals surface area contributed by atoms with Crippen LogP contribution in [0.4, 0.5) is 5.69 Å². The second kappa shape index (κ2) is 6.41. The van der Waals surface area contributed by atoms with Crippen LogP contribution in [-0.4, -0.2) is 42.6 Å². The van der Waals surface area contributed by atoms with Crippen molar-refractivity contribution >= 4 is 11.6 Å². The Morgan fingerprint density at radius 3 is 2.64 bits per heavy atom. The molecule has 1 spiro atoms. The monoisotopic (exact) mass is 297 g/mol. The van der Waals surface area contributed by atoms with Crippen molar-refractivity contribution in [2.75, 3.05) is 31.2 Å². The summed E-state index contributed by atoms with van der Waals surface area (Å²) in [4.78, 5) is 17.2. The van der Waals surface area contributed by atoms with Gasteiger partial charge in [0.05, 0.1) is 6.67 Å². The van der Waals surface area contributed by atoms with Crippen molar-refractivity contribution in [3.05, 3.63) is 30.3 Å². The van der Waals surface area contributed by atoms with E-state index in [4.69, 9.17) is 6.42 Å². The van der Waals surface area contributed by atoms with Crippen molar-refractivity contribution in [3.8, 4) is 12.3 Å². The number of piperidine rings is 1. The van der Waals surface area contributed by atoms with E-state index in [1.807, 2.05) is 18.2 Å². The van der Waals surface area contributed by atoms with Crippen molar-refractivity contribution < 1.29 is 4.79 Å². The first-order valence-corrected chi connectivity index (χ1v) is 8.03. The lowest BCUT2D eigenvalue weighted by Crippen LogP contribution is -2.56. The molecule has 0 bridgehead atoms. The van der Waals surface area contributed by atoms with Gasteiger partial charge >= 0.3 is 0 Å². The lowest BCUT2D eigenvalue weighted by molar-refractivity contribution is -0.125. The molecule has 2 aliphatic heterocycles. The number of para-hydroxylation sites is 1. The van der Waals surface area contributed by atoms with E-state index >= 15 is 0 Å². The summed E-state index contributed by atoms with van der Waals surface area (Å²) in [6, 6.07) is 10.2. The number of unbranched alkanes of at least 4 members (excludes halogenated alkanes) is 1. The van der Waals surface area contributed by atoms with Crippen LogP contribution in [0.15, 0.2) is 30.3 Å². The normalized spacial score (nSPS) is 20.9. The van der Waals surface area contributed by atoms with Gasteiger partial charge in [0, 0.05) is 25.2 Å². The minimum atomic E-state index is -0.371. The van der Waals surface area contributed by atoms with Gasteiger partial charge in [-0.05, 0) is 37.9 Å². The Bertz CT molecular complexity index is 555. The van der Waals surface area contributed by atoms with Crippen LogP contribution in [0.2, 0.25) is 0 Å². The molecule has 0 radical (unpaired) electrons. The van der Waals surface area contributed by atoms with Crippen molar-refractivity contribution in [3.63, 3.8) is 0 Å². The van der Waals surface area contributed by atoms with Gasteiger partial charge in [0.1, 0.15) is 5.54 Å². The van der Waals surface area contributed by atoms with Gasteiger partial charge in [0.2, 0.25) is 5.91 Å². The van der Waals surface area contributed by atoms with Gasteiger partial charge in [0.25, 0.3) is 0 Å². The third-order valence-corrected chi connectivity index (χ3v) is 4.88. The van der Waals surface area contributed by atoms with Gasteiger partial charge in [0.15, 0.2) is 0 Å². The number of amides is 1. The minimum absolute atomic E-state index is 0.180. The number of terminal acetylenes is 1. The average Bonchev–Trinajstić information content (AvgIpc) is 2.87. The standard InChI is InChI=1S/C18H23N3O/c1-2-3-7-12-20-13-10-18(11-14-20)17(22)19-15-21(18)16-8-5-4-6-9-16/h1,4-6,8-9H,3,7,10-15H2,(H,19,22). The first-order chi connectivity index (χ1) is 10.8.